The lowest BCUT2D eigenvalue weighted by atomic mass is 9.96. The van der Waals surface area contributed by atoms with Crippen LogP contribution in [0.3, 0.4) is 0 Å². The molecule has 2 aromatic rings. The number of hydrogen-bond acceptors (Lipinski definition) is 5. The summed E-state index contributed by atoms with van der Waals surface area (Å²) in [6.07, 6.45) is 3.50. The Morgan fingerprint density at radius 1 is 1.20 bits per heavy atom. The summed E-state index contributed by atoms with van der Waals surface area (Å²) in [6.45, 7) is 0.932. The number of hydrogen-bond donors (Lipinski definition) is 1. The molecule has 4 rings (SSSR count). The van der Waals surface area contributed by atoms with Crippen molar-refractivity contribution in [2.45, 2.75) is 18.8 Å². The van der Waals surface area contributed by atoms with Gasteiger partial charge >= 0.3 is 6.03 Å². The maximum absolute atomic E-state index is 12.4. The van der Waals surface area contributed by atoms with E-state index in [4.69, 9.17) is 0 Å². The molecular weight excluding hydrogens is 324 g/mol. The first kappa shape index (κ1) is 15.6. The fourth-order valence-corrected chi connectivity index (χ4v) is 3.38. The molecule has 0 aliphatic carbocycles. The topological polar surface area (TPSA) is 99.9 Å². The van der Waals surface area contributed by atoms with E-state index in [0.717, 1.165) is 29.2 Å². The molecule has 25 heavy (non-hydrogen) atoms. The maximum Gasteiger partial charge on any atom is 0.325 e. The van der Waals surface area contributed by atoms with E-state index < -0.39 is 6.03 Å². The van der Waals surface area contributed by atoms with Gasteiger partial charge in [0.25, 0.3) is 5.91 Å². The Labute approximate surface area is 143 Å². The van der Waals surface area contributed by atoms with Gasteiger partial charge in [-0.25, -0.2) is 4.79 Å². The number of urea groups is 1. The average Bonchev–Trinajstić information content (AvgIpc) is 3.20. The highest BCUT2D eigenvalue weighted by molar-refractivity contribution is 6.04. The molecule has 1 N–H and O–H groups in total. The van der Waals surface area contributed by atoms with Crippen LogP contribution in [0.25, 0.3) is 5.65 Å². The van der Waals surface area contributed by atoms with Crippen molar-refractivity contribution in [2.24, 2.45) is 0 Å². The first-order valence-corrected chi connectivity index (χ1v) is 8.29. The summed E-state index contributed by atoms with van der Waals surface area (Å²) in [7, 11) is 0. The van der Waals surface area contributed by atoms with Gasteiger partial charge in [0.2, 0.25) is 5.91 Å². The zero-order valence-electron chi connectivity index (χ0n) is 13.6. The fraction of sp³-hybridized carbons (Fsp3) is 0.438. The van der Waals surface area contributed by atoms with E-state index in [2.05, 4.69) is 15.5 Å². The second kappa shape index (κ2) is 6.15. The molecule has 4 amide bonds. The van der Waals surface area contributed by atoms with Gasteiger partial charge in [-0.05, 0) is 25.0 Å². The van der Waals surface area contributed by atoms with E-state index in [1.807, 2.05) is 28.8 Å². The number of aromatic nitrogens is 3. The van der Waals surface area contributed by atoms with Gasteiger partial charge in [-0.15, -0.1) is 10.2 Å². The molecular formula is C16H18N6O3. The third-order valence-corrected chi connectivity index (χ3v) is 4.78. The molecule has 0 atom stereocenters. The van der Waals surface area contributed by atoms with Gasteiger partial charge in [-0.3, -0.25) is 18.9 Å². The SMILES string of the molecule is O=C(CN1C(=O)CNC1=O)N1CCC(c2nnc3ccccn23)CC1. The predicted octanol–water partition coefficient (Wildman–Crippen LogP) is -0.0129. The van der Waals surface area contributed by atoms with Gasteiger partial charge in [0.05, 0.1) is 6.54 Å². The van der Waals surface area contributed by atoms with E-state index in [1.54, 1.807) is 4.90 Å². The van der Waals surface area contributed by atoms with Crippen LogP contribution in [0, 0.1) is 0 Å². The summed E-state index contributed by atoms with van der Waals surface area (Å²) in [5.74, 6) is 0.591. The largest absolute Gasteiger partial charge is 0.341 e. The van der Waals surface area contributed by atoms with Crippen LogP contribution in [0.4, 0.5) is 4.79 Å². The van der Waals surface area contributed by atoms with Gasteiger partial charge in [0.15, 0.2) is 5.65 Å². The van der Waals surface area contributed by atoms with E-state index in [-0.39, 0.29) is 30.8 Å². The number of carbonyl (C=O) groups excluding carboxylic acids is 3. The summed E-state index contributed by atoms with van der Waals surface area (Å²) in [5.41, 5.74) is 0.814. The molecule has 0 saturated carbocycles. The first-order chi connectivity index (χ1) is 12.1. The minimum absolute atomic E-state index is 0.0336. The molecule has 2 aliphatic rings. The Kier molecular flexibility index (Phi) is 3.83. The fourth-order valence-electron chi connectivity index (χ4n) is 3.38. The highest BCUT2D eigenvalue weighted by Crippen LogP contribution is 2.27. The molecule has 0 unspecified atom stereocenters. The molecule has 0 spiro atoms. The summed E-state index contributed by atoms with van der Waals surface area (Å²) in [6, 6.07) is 5.28. The van der Waals surface area contributed by atoms with Crippen molar-refractivity contribution in [2.75, 3.05) is 26.2 Å². The van der Waals surface area contributed by atoms with Crippen LogP contribution < -0.4 is 5.32 Å². The summed E-state index contributed by atoms with van der Waals surface area (Å²) >= 11 is 0. The second-order valence-corrected chi connectivity index (χ2v) is 6.28. The van der Waals surface area contributed by atoms with Crippen molar-refractivity contribution < 1.29 is 14.4 Å². The van der Waals surface area contributed by atoms with Gasteiger partial charge in [0.1, 0.15) is 12.4 Å². The van der Waals surface area contributed by atoms with Crippen LogP contribution in [-0.4, -0.2) is 68.4 Å². The number of amides is 4. The van der Waals surface area contributed by atoms with Crippen molar-refractivity contribution in [1.82, 2.24) is 29.7 Å². The number of pyridine rings is 1. The number of fused-ring (bicyclic) bond motifs is 1. The van der Waals surface area contributed by atoms with Crippen LogP contribution in [0.1, 0.15) is 24.6 Å². The monoisotopic (exact) mass is 342 g/mol. The standard InChI is InChI=1S/C16H18N6O3/c23-13-9-17-16(25)22(13)10-14(24)20-7-4-11(5-8-20)15-19-18-12-3-1-2-6-21(12)15/h1-3,6,11H,4-5,7-10H2,(H,17,25). The molecule has 0 aromatic carbocycles. The number of nitrogens with one attached hydrogen (secondary N) is 1. The Morgan fingerprint density at radius 3 is 2.72 bits per heavy atom. The normalized spacial score (nSPS) is 18.9. The lowest BCUT2D eigenvalue weighted by molar-refractivity contribution is -0.137. The molecule has 2 saturated heterocycles. The summed E-state index contributed by atoms with van der Waals surface area (Å²) in [5, 5.41) is 10.9. The zero-order chi connectivity index (χ0) is 17.4. The van der Waals surface area contributed by atoms with E-state index in [0.29, 0.717) is 13.1 Å². The number of imide groups is 1. The molecule has 9 heteroatoms. The molecule has 2 aliphatic heterocycles. The number of carbonyl (C=O) groups is 3. The van der Waals surface area contributed by atoms with Crippen molar-refractivity contribution in [3.63, 3.8) is 0 Å². The number of rotatable bonds is 3. The average molecular weight is 342 g/mol. The molecule has 9 nitrogen and oxygen atoms in total. The lowest BCUT2D eigenvalue weighted by Gasteiger charge is -2.32. The van der Waals surface area contributed by atoms with Crippen LogP contribution in [0.15, 0.2) is 24.4 Å². The Bertz CT molecular complexity index is 823. The Morgan fingerprint density at radius 2 is 2.00 bits per heavy atom. The van der Waals surface area contributed by atoms with Crippen molar-refractivity contribution in [3.8, 4) is 0 Å². The molecule has 4 heterocycles. The van der Waals surface area contributed by atoms with Crippen LogP contribution >= 0.6 is 0 Å². The third kappa shape index (κ3) is 2.81. The zero-order valence-corrected chi connectivity index (χ0v) is 13.6. The Hall–Kier alpha value is -2.97. The van der Waals surface area contributed by atoms with E-state index in [9.17, 15) is 14.4 Å². The second-order valence-electron chi connectivity index (χ2n) is 6.28. The minimum atomic E-state index is -0.497. The summed E-state index contributed by atoms with van der Waals surface area (Å²) in [4.78, 5) is 38.2. The number of likely N-dealkylation sites (tertiary alicyclic amines) is 1. The van der Waals surface area contributed by atoms with Gasteiger partial charge < -0.3 is 10.2 Å². The van der Waals surface area contributed by atoms with Crippen molar-refractivity contribution >= 4 is 23.5 Å². The van der Waals surface area contributed by atoms with Crippen LogP contribution in [0.5, 0.6) is 0 Å². The third-order valence-electron chi connectivity index (χ3n) is 4.78. The molecule has 2 aromatic heterocycles. The molecule has 130 valence electrons. The first-order valence-electron chi connectivity index (χ1n) is 8.29. The van der Waals surface area contributed by atoms with E-state index >= 15 is 0 Å². The van der Waals surface area contributed by atoms with Crippen molar-refractivity contribution in [3.05, 3.63) is 30.2 Å². The lowest BCUT2D eigenvalue weighted by Crippen LogP contribution is -2.45. The highest BCUT2D eigenvalue weighted by Gasteiger charge is 2.33. The van der Waals surface area contributed by atoms with Gasteiger partial charge in [0, 0.05) is 25.2 Å². The molecule has 0 radical (unpaired) electrons. The number of piperidine rings is 1. The van der Waals surface area contributed by atoms with Crippen LogP contribution in [0.2, 0.25) is 0 Å². The van der Waals surface area contributed by atoms with Crippen LogP contribution in [-0.2, 0) is 9.59 Å². The van der Waals surface area contributed by atoms with Gasteiger partial charge in [-0.2, -0.15) is 0 Å². The maximum atomic E-state index is 12.4. The molecule has 0 bridgehead atoms. The minimum Gasteiger partial charge on any atom is -0.341 e. The van der Waals surface area contributed by atoms with E-state index in [1.165, 1.54) is 0 Å². The van der Waals surface area contributed by atoms with Gasteiger partial charge in [-0.1, -0.05) is 6.07 Å². The quantitative estimate of drug-likeness (QED) is 0.791. The Balaban J connectivity index is 1.39. The van der Waals surface area contributed by atoms with Crippen molar-refractivity contribution in [1.29, 1.82) is 0 Å². The summed E-state index contributed by atoms with van der Waals surface area (Å²) < 4.78 is 1.98. The molecule has 2 fully saturated rings. The number of nitrogens with zero attached hydrogens (tertiary/aromatic N) is 5. The highest BCUT2D eigenvalue weighted by atomic mass is 16.2. The smallest absolute Gasteiger partial charge is 0.325 e. The predicted molar refractivity (Wildman–Crippen MR) is 86.7 cm³/mol.